The summed E-state index contributed by atoms with van der Waals surface area (Å²) in [4.78, 5) is 4.46. The Bertz CT molecular complexity index is 983. The van der Waals surface area contributed by atoms with E-state index in [1.807, 2.05) is 38.1 Å². The summed E-state index contributed by atoms with van der Waals surface area (Å²) in [5.41, 5.74) is 11.2. The van der Waals surface area contributed by atoms with E-state index in [1.54, 1.807) is 18.2 Å². The molecule has 0 bridgehead atoms. The lowest BCUT2D eigenvalue weighted by atomic mass is 9.92. The number of anilines is 1. The molecule has 3 nitrogen and oxygen atoms in total. The van der Waals surface area contributed by atoms with Gasteiger partial charge in [0.1, 0.15) is 17.5 Å². The maximum atomic E-state index is 9.61. The molecule has 0 spiro atoms. The number of aromatic nitrogens is 1. The first-order valence-corrected chi connectivity index (χ1v) is 8.41. The molecule has 2 aromatic carbocycles. The fourth-order valence-corrected chi connectivity index (χ4v) is 3.44. The van der Waals surface area contributed by atoms with Crippen LogP contribution in [0.3, 0.4) is 0 Å². The van der Waals surface area contributed by atoms with Crippen LogP contribution in [0.2, 0.25) is 10.0 Å². The predicted molar refractivity (Wildman–Crippen MR) is 104 cm³/mol. The third-order valence-corrected chi connectivity index (χ3v) is 4.75. The van der Waals surface area contributed by atoms with Gasteiger partial charge in [0.25, 0.3) is 0 Å². The zero-order chi connectivity index (χ0) is 18.1. The molecule has 0 aliphatic heterocycles. The third kappa shape index (κ3) is 3.07. The lowest BCUT2D eigenvalue weighted by molar-refractivity contribution is 1.26. The molecule has 0 saturated heterocycles. The number of aryl methyl sites for hydroxylation is 1. The van der Waals surface area contributed by atoms with Gasteiger partial charge in [-0.2, -0.15) is 5.26 Å². The quantitative estimate of drug-likeness (QED) is 0.622. The Morgan fingerprint density at radius 1 is 0.960 bits per heavy atom. The average molecular weight is 368 g/mol. The second-order valence-corrected chi connectivity index (χ2v) is 6.61. The van der Waals surface area contributed by atoms with E-state index in [2.05, 4.69) is 11.1 Å². The van der Waals surface area contributed by atoms with Crippen LogP contribution >= 0.6 is 23.2 Å². The van der Waals surface area contributed by atoms with Crippen molar-refractivity contribution in [1.29, 1.82) is 5.26 Å². The van der Waals surface area contributed by atoms with Crippen molar-refractivity contribution in [2.45, 2.75) is 13.8 Å². The summed E-state index contributed by atoms with van der Waals surface area (Å²) in [5.74, 6) is 0.162. The zero-order valence-electron chi connectivity index (χ0n) is 13.8. The first-order valence-electron chi connectivity index (χ1n) is 7.65. The second-order valence-electron chi connectivity index (χ2n) is 5.80. The first kappa shape index (κ1) is 17.3. The molecule has 0 aliphatic carbocycles. The van der Waals surface area contributed by atoms with Gasteiger partial charge in [-0.15, -0.1) is 0 Å². The summed E-state index contributed by atoms with van der Waals surface area (Å²) >= 11 is 12.8. The van der Waals surface area contributed by atoms with Crippen molar-refractivity contribution in [3.63, 3.8) is 0 Å². The smallest absolute Gasteiger partial charge is 0.142 e. The van der Waals surface area contributed by atoms with Crippen molar-refractivity contribution in [2.75, 3.05) is 5.73 Å². The van der Waals surface area contributed by atoms with E-state index in [9.17, 15) is 5.26 Å². The monoisotopic (exact) mass is 367 g/mol. The molecule has 0 fully saturated rings. The molecule has 0 unspecified atom stereocenters. The first-order chi connectivity index (χ1) is 11.9. The Labute approximate surface area is 156 Å². The van der Waals surface area contributed by atoms with Crippen molar-refractivity contribution in [3.05, 3.63) is 69.2 Å². The van der Waals surface area contributed by atoms with E-state index in [0.717, 1.165) is 16.7 Å². The molecule has 1 aromatic heterocycles. The summed E-state index contributed by atoms with van der Waals surface area (Å²) < 4.78 is 0. The molecule has 0 saturated carbocycles. The number of nitrogen functional groups attached to an aromatic ring is 1. The minimum Gasteiger partial charge on any atom is -0.383 e. The lowest BCUT2D eigenvalue weighted by Gasteiger charge is -2.17. The summed E-state index contributed by atoms with van der Waals surface area (Å²) in [6, 6.07) is 15.4. The van der Waals surface area contributed by atoms with Crippen LogP contribution in [0.4, 0.5) is 5.82 Å². The second kappa shape index (κ2) is 6.76. The number of nitrogens with two attached hydrogens (primary N) is 1. The fraction of sp³-hybridized carbons (Fsp3) is 0.100. The number of hydrogen-bond acceptors (Lipinski definition) is 3. The molecule has 1 heterocycles. The van der Waals surface area contributed by atoms with Gasteiger partial charge in [0.05, 0.1) is 5.69 Å². The van der Waals surface area contributed by atoms with Crippen LogP contribution in [0.15, 0.2) is 42.5 Å². The third-order valence-electron chi connectivity index (χ3n) is 4.12. The van der Waals surface area contributed by atoms with Gasteiger partial charge in [-0.05, 0) is 31.5 Å². The number of nitrogens with zero attached hydrogens (tertiary/aromatic N) is 2. The number of nitriles is 1. The Morgan fingerprint density at radius 2 is 1.56 bits per heavy atom. The van der Waals surface area contributed by atoms with Crippen LogP contribution in [0.5, 0.6) is 0 Å². The molecule has 0 atom stereocenters. The summed E-state index contributed by atoms with van der Waals surface area (Å²) in [6.07, 6.45) is 0. The van der Waals surface area contributed by atoms with E-state index in [0.29, 0.717) is 26.9 Å². The highest BCUT2D eigenvalue weighted by Gasteiger charge is 2.21. The van der Waals surface area contributed by atoms with Gasteiger partial charge < -0.3 is 5.73 Å². The van der Waals surface area contributed by atoms with E-state index in [-0.39, 0.29) is 11.4 Å². The van der Waals surface area contributed by atoms with Gasteiger partial charge >= 0.3 is 0 Å². The summed E-state index contributed by atoms with van der Waals surface area (Å²) in [7, 11) is 0. The van der Waals surface area contributed by atoms with Gasteiger partial charge in [0.15, 0.2) is 0 Å². The normalized spacial score (nSPS) is 10.5. The lowest BCUT2D eigenvalue weighted by Crippen LogP contribution is -2.04. The van der Waals surface area contributed by atoms with E-state index >= 15 is 0 Å². The van der Waals surface area contributed by atoms with Crippen LogP contribution in [0.1, 0.15) is 16.7 Å². The number of pyridine rings is 1. The van der Waals surface area contributed by atoms with Crippen molar-refractivity contribution in [3.8, 4) is 28.5 Å². The molecule has 0 radical (unpaired) electrons. The van der Waals surface area contributed by atoms with Gasteiger partial charge in [-0.3, -0.25) is 0 Å². The van der Waals surface area contributed by atoms with E-state index in [1.165, 1.54) is 0 Å². The molecule has 5 heteroatoms. The molecule has 0 aliphatic rings. The van der Waals surface area contributed by atoms with Crippen LogP contribution in [0, 0.1) is 25.2 Å². The van der Waals surface area contributed by atoms with Crippen LogP contribution in [-0.2, 0) is 0 Å². The van der Waals surface area contributed by atoms with Crippen LogP contribution in [-0.4, -0.2) is 4.98 Å². The highest BCUT2D eigenvalue weighted by atomic mass is 35.5. The molecular weight excluding hydrogens is 353 g/mol. The van der Waals surface area contributed by atoms with Gasteiger partial charge in [-0.1, -0.05) is 59.1 Å². The van der Waals surface area contributed by atoms with Crippen molar-refractivity contribution >= 4 is 29.0 Å². The fourth-order valence-electron chi connectivity index (χ4n) is 2.85. The predicted octanol–water partition coefficient (Wildman–Crippen LogP) is 5.79. The maximum Gasteiger partial charge on any atom is 0.142 e. The molecule has 124 valence electrons. The topological polar surface area (TPSA) is 62.7 Å². The Hall–Kier alpha value is -2.54. The van der Waals surface area contributed by atoms with Gasteiger partial charge in [-0.25, -0.2) is 4.98 Å². The summed E-state index contributed by atoms with van der Waals surface area (Å²) in [6.45, 7) is 3.92. The molecular formula is C20H15Cl2N3. The minimum absolute atomic E-state index is 0.162. The SMILES string of the molecule is Cc1ccc(-c2nc(N)c(C#N)c(-c3c(Cl)cccc3Cl)c2C)cc1. The molecule has 2 N–H and O–H groups in total. The number of hydrogen-bond donors (Lipinski definition) is 1. The molecule has 25 heavy (non-hydrogen) atoms. The largest absolute Gasteiger partial charge is 0.383 e. The molecule has 3 aromatic rings. The highest BCUT2D eigenvalue weighted by Crippen LogP contribution is 2.42. The van der Waals surface area contributed by atoms with E-state index in [4.69, 9.17) is 28.9 Å². The Balaban J connectivity index is 2.39. The maximum absolute atomic E-state index is 9.61. The van der Waals surface area contributed by atoms with Crippen molar-refractivity contribution in [1.82, 2.24) is 4.98 Å². The Morgan fingerprint density at radius 3 is 2.12 bits per heavy atom. The van der Waals surface area contributed by atoms with Gasteiger partial charge in [0.2, 0.25) is 0 Å². The van der Waals surface area contributed by atoms with Gasteiger partial charge in [0, 0.05) is 26.7 Å². The molecule has 0 amide bonds. The zero-order valence-corrected chi connectivity index (χ0v) is 15.3. The number of rotatable bonds is 2. The number of benzene rings is 2. The Kier molecular flexibility index (Phi) is 4.67. The number of halogens is 2. The van der Waals surface area contributed by atoms with Crippen LogP contribution in [0.25, 0.3) is 22.4 Å². The van der Waals surface area contributed by atoms with E-state index < -0.39 is 0 Å². The van der Waals surface area contributed by atoms with Crippen molar-refractivity contribution in [2.24, 2.45) is 0 Å². The highest BCUT2D eigenvalue weighted by molar-refractivity contribution is 6.39. The average Bonchev–Trinajstić information content (AvgIpc) is 2.58. The molecule has 3 rings (SSSR count). The van der Waals surface area contributed by atoms with Crippen molar-refractivity contribution < 1.29 is 0 Å². The minimum atomic E-state index is 0.162. The van der Waals surface area contributed by atoms with Crippen LogP contribution < -0.4 is 5.73 Å². The standard InChI is InChI=1S/C20H15Cl2N3/c1-11-6-8-13(9-7-11)19-12(2)17(14(10-23)20(24)25-19)18-15(21)4-3-5-16(18)22/h3-9H,1-2H3,(H2,24,25). The summed E-state index contributed by atoms with van der Waals surface area (Å²) in [5, 5.41) is 10.5.